The summed E-state index contributed by atoms with van der Waals surface area (Å²) in [5.41, 5.74) is 2.25. The minimum absolute atomic E-state index is 0.210. The van der Waals surface area contributed by atoms with Gasteiger partial charge >= 0.3 is 0 Å². The third-order valence-corrected chi connectivity index (χ3v) is 4.43. The van der Waals surface area contributed by atoms with Crippen LogP contribution in [0.25, 0.3) is 6.08 Å². The fourth-order valence-electron chi connectivity index (χ4n) is 2.80. The van der Waals surface area contributed by atoms with Gasteiger partial charge in [0, 0.05) is 13.6 Å². The van der Waals surface area contributed by atoms with Crippen LogP contribution in [-0.2, 0) is 6.54 Å². The molecule has 1 aromatic heterocycles. The number of nitrogens with zero attached hydrogens (tertiary/aromatic N) is 4. The van der Waals surface area contributed by atoms with Crippen molar-refractivity contribution in [3.8, 4) is 0 Å². The Morgan fingerprint density at radius 2 is 1.82 bits per heavy atom. The first kappa shape index (κ1) is 19.5. The number of hydrogen-bond acceptors (Lipinski definition) is 4. The maximum absolute atomic E-state index is 12.5. The Bertz CT molecular complexity index is 907. The maximum atomic E-state index is 12.5. The van der Waals surface area contributed by atoms with Crippen LogP contribution in [0.4, 0.5) is 0 Å². The molecule has 0 spiro atoms. The predicted octanol–water partition coefficient (Wildman–Crippen LogP) is 3.19. The largest absolute Gasteiger partial charge is 0.388 e. The molecule has 3 rings (SSSR count). The van der Waals surface area contributed by atoms with Crippen molar-refractivity contribution < 1.29 is 9.90 Å². The lowest BCUT2D eigenvalue weighted by atomic mass is 10.1. The van der Waals surface area contributed by atoms with E-state index in [0.29, 0.717) is 25.2 Å². The van der Waals surface area contributed by atoms with Crippen LogP contribution >= 0.6 is 0 Å². The lowest BCUT2D eigenvalue weighted by Crippen LogP contribution is -2.29. The Kier molecular flexibility index (Phi) is 6.70. The second-order valence-electron chi connectivity index (χ2n) is 6.58. The molecule has 0 fully saturated rings. The molecule has 6 heteroatoms. The van der Waals surface area contributed by atoms with E-state index in [0.717, 1.165) is 11.1 Å². The molecule has 0 saturated carbocycles. The number of carbonyl (C=O) groups is 1. The number of allylic oxidation sites excluding steroid dienone is 1. The Morgan fingerprint density at radius 3 is 2.54 bits per heavy atom. The van der Waals surface area contributed by atoms with Gasteiger partial charge in [-0.2, -0.15) is 0 Å². The lowest BCUT2D eigenvalue weighted by molar-refractivity contribution is 0.0755. The van der Waals surface area contributed by atoms with Gasteiger partial charge in [0.1, 0.15) is 0 Å². The monoisotopic (exact) mass is 376 g/mol. The van der Waals surface area contributed by atoms with Gasteiger partial charge in [0.2, 0.25) is 0 Å². The Morgan fingerprint density at radius 1 is 1.14 bits per heavy atom. The molecule has 144 valence electrons. The highest BCUT2D eigenvalue weighted by molar-refractivity contribution is 5.91. The van der Waals surface area contributed by atoms with E-state index in [1.54, 1.807) is 22.8 Å². The van der Waals surface area contributed by atoms with Gasteiger partial charge in [-0.1, -0.05) is 78.0 Å². The number of aliphatic hydroxyl groups excluding tert-OH is 1. The van der Waals surface area contributed by atoms with Crippen molar-refractivity contribution in [2.24, 2.45) is 0 Å². The SMILES string of the molecule is CN(CCC(O)c1ccccc1)C(=O)c1cn(C/C=C/c2ccccc2)nn1. The zero-order valence-electron chi connectivity index (χ0n) is 15.8. The van der Waals surface area contributed by atoms with Gasteiger partial charge in [-0.3, -0.25) is 4.79 Å². The fraction of sp³-hybridized carbons (Fsp3) is 0.227. The van der Waals surface area contributed by atoms with Crippen molar-refractivity contribution in [2.75, 3.05) is 13.6 Å². The number of aromatic nitrogens is 3. The van der Waals surface area contributed by atoms with Crippen LogP contribution in [0.15, 0.2) is 72.9 Å². The number of aliphatic hydroxyl groups is 1. The summed E-state index contributed by atoms with van der Waals surface area (Å²) in [7, 11) is 1.70. The van der Waals surface area contributed by atoms with Gasteiger partial charge in [-0.15, -0.1) is 5.10 Å². The summed E-state index contributed by atoms with van der Waals surface area (Å²) in [4.78, 5) is 14.1. The Balaban J connectivity index is 1.51. The number of rotatable bonds is 8. The minimum Gasteiger partial charge on any atom is -0.388 e. The molecule has 1 unspecified atom stereocenters. The first-order valence-corrected chi connectivity index (χ1v) is 9.23. The van der Waals surface area contributed by atoms with Gasteiger partial charge in [0.25, 0.3) is 5.91 Å². The molecule has 1 amide bonds. The summed E-state index contributed by atoms with van der Waals surface area (Å²) in [6, 6.07) is 19.4. The molecule has 28 heavy (non-hydrogen) atoms. The molecule has 0 aliphatic heterocycles. The average molecular weight is 376 g/mol. The maximum Gasteiger partial charge on any atom is 0.275 e. The molecule has 0 aliphatic rings. The third-order valence-electron chi connectivity index (χ3n) is 4.43. The predicted molar refractivity (Wildman–Crippen MR) is 108 cm³/mol. The standard InChI is InChI=1S/C22H24N4O2/c1-25(16-14-21(27)19-12-6-3-7-13-19)22(28)20-17-26(24-23-20)15-8-11-18-9-4-2-5-10-18/h2-13,17,21,27H,14-16H2,1H3/b11-8+. The van der Waals surface area contributed by atoms with Crippen LogP contribution in [-0.4, -0.2) is 44.5 Å². The van der Waals surface area contributed by atoms with E-state index in [1.165, 1.54) is 0 Å². The van der Waals surface area contributed by atoms with E-state index in [1.807, 2.05) is 72.8 Å². The van der Waals surface area contributed by atoms with E-state index < -0.39 is 6.10 Å². The summed E-state index contributed by atoms with van der Waals surface area (Å²) in [6.45, 7) is 0.960. The molecule has 0 saturated heterocycles. The summed E-state index contributed by atoms with van der Waals surface area (Å²) in [5, 5.41) is 18.2. The van der Waals surface area contributed by atoms with Crippen LogP contribution in [0, 0.1) is 0 Å². The lowest BCUT2D eigenvalue weighted by Gasteiger charge is -2.18. The molecule has 2 aromatic carbocycles. The van der Waals surface area contributed by atoms with Gasteiger partial charge in [0.15, 0.2) is 5.69 Å². The van der Waals surface area contributed by atoms with E-state index in [2.05, 4.69) is 10.3 Å². The number of carbonyl (C=O) groups excluding carboxylic acids is 1. The first-order valence-electron chi connectivity index (χ1n) is 9.23. The number of hydrogen-bond donors (Lipinski definition) is 1. The number of amides is 1. The van der Waals surface area contributed by atoms with Crippen molar-refractivity contribution in [3.05, 3.63) is 89.8 Å². The fourth-order valence-corrected chi connectivity index (χ4v) is 2.80. The zero-order valence-corrected chi connectivity index (χ0v) is 15.8. The summed E-state index contributed by atoms with van der Waals surface area (Å²) in [6.07, 6.45) is 5.47. The van der Waals surface area contributed by atoms with Gasteiger partial charge in [0.05, 0.1) is 18.8 Å². The highest BCUT2D eigenvalue weighted by atomic mass is 16.3. The highest BCUT2D eigenvalue weighted by Gasteiger charge is 2.17. The molecule has 0 aliphatic carbocycles. The van der Waals surface area contributed by atoms with Crippen molar-refractivity contribution in [2.45, 2.75) is 19.1 Å². The van der Waals surface area contributed by atoms with Crippen LogP contribution in [0.1, 0.15) is 34.1 Å². The van der Waals surface area contributed by atoms with Crippen molar-refractivity contribution in [3.63, 3.8) is 0 Å². The first-order chi connectivity index (χ1) is 13.6. The van der Waals surface area contributed by atoms with E-state index in [4.69, 9.17) is 0 Å². The van der Waals surface area contributed by atoms with Gasteiger partial charge in [-0.25, -0.2) is 4.68 Å². The van der Waals surface area contributed by atoms with E-state index >= 15 is 0 Å². The molecule has 1 heterocycles. The molecule has 3 aromatic rings. The normalized spacial score (nSPS) is 12.2. The minimum atomic E-state index is -0.602. The van der Waals surface area contributed by atoms with Crippen LogP contribution in [0.5, 0.6) is 0 Å². The molecule has 0 bridgehead atoms. The molecular weight excluding hydrogens is 352 g/mol. The van der Waals surface area contributed by atoms with Crippen LogP contribution < -0.4 is 0 Å². The molecule has 1 atom stereocenters. The molecule has 0 radical (unpaired) electrons. The van der Waals surface area contributed by atoms with Crippen LogP contribution in [0.3, 0.4) is 0 Å². The number of benzene rings is 2. The molecule has 1 N–H and O–H groups in total. The topological polar surface area (TPSA) is 71.2 Å². The Labute approximate surface area is 164 Å². The zero-order chi connectivity index (χ0) is 19.8. The molecule has 6 nitrogen and oxygen atoms in total. The summed E-state index contributed by atoms with van der Waals surface area (Å²) >= 11 is 0. The van der Waals surface area contributed by atoms with Crippen molar-refractivity contribution in [1.29, 1.82) is 0 Å². The second kappa shape index (κ2) is 9.62. The Hall–Kier alpha value is -3.25. The highest BCUT2D eigenvalue weighted by Crippen LogP contribution is 2.16. The van der Waals surface area contributed by atoms with E-state index in [9.17, 15) is 9.90 Å². The van der Waals surface area contributed by atoms with Crippen molar-refractivity contribution >= 4 is 12.0 Å². The summed E-state index contributed by atoms with van der Waals surface area (Å²) in [5.74, 6) is -0.210. The molecular formula is C22H24N4O2. The third kappa shape index (κ3) is 5.37. The smallest absolute Gasteiger partial charge is 0.275 e. The second-order valence-corrected chi connectivity index (χ2v) is 6.58. The van der Waals surface area contributed by atoms with Crippen LogP contribution in [0.2, 0.25) is 0 Å². The summed E-state index contributed by atoms with van der Waals surface area (Å²) < 4.78 is 1.62. The quantitative estimate of drug-likeness (QED) is 0.655. The van der Waals surface area contributed by atoms with Crippen molar-refractivity contribution in [1.82, 2.24) is 19.9 Å². The average Bonchev–Trinajstić information content (AvgIpc) is 3.21. The van der Waals surface area contributed by atoms with Gasteiger partial charge < -0.3 is 10.0 Å². The van der Waals surface area contributed by atoms with E-state index in [-0.39, 0.29) is 5.91 Å². The van der Waals surface area contributed by atoms with Gasteiger partial charge in [-0.05, 0) is 17.5 Å².